The summed E-state index contributed by atoms with van der Waals surface area (Å²) in [6.45, 7) is 2.89. The molecule has 4 heterocycles. The van der Waals surface area contributed by atoms with Crippen LogP contribution >= 0.6 is 0 Å². The Kier molecular flexibility index (Phi) is 5.95. The van der Waals surface area contributed by atoms with Gasteiger partial charge in [0.1, 0.15) is 11.6 Å². The summed E-state index contributed by atoms with van der Waals surface area (Å²) >= 11 is 0. The second-order valence-electron chi connectivity index (χ2n) is 9.38. The van der Waals surface area contributed by atoms with Crippen molar-refractivity contribution < 1.29 is 13.5 Å². The number of anilines is 2. The van der Waals surface area contributed by atoms with E-state index in [4.69, 9.17) is 16.9 Å². The molecule has 4 aromatic rings. The van der Waals surface area contributed by atoms with E-state index in [1.54, 1.807) is 18.5 Å². The summed E-state index contributed by atoms with van der Waals surface area (Å²) in [5, 5.41) is 4.39. The fourth-order valence-electron chi connectivity index (χ4n) is 5.40. The zero-order valence-electron chi connectivity index (χ0n) is 20.0. The van der Waals surface area contributed by atoms with Gasteiger partial charge in [0, 0.05) is 54.6 Å². The lowest BCUT2D eigenvalue weighted by atomic mass is 9.95. The van der Waals surface area contributed by atoms with Gasteiger partial charge in [0.05, 0.1) is 46.9 Å². The second-order valence-corrected chi connectivity index (χ2v) is 9.38. The Labute approximate surface area is 213 Å². The van der Waals surface area contributed by atoms with Crippen LogP contribution in [0, 0.1) is 24.0 Å². The van der Waals surface area contributed by atoms with Crippen LogP contribution in [0.4, 0.5) is 20.2 Å². The summed E-state index contributed by atoms with van der Waals surface area (Å²) in [6.07, 6.45) is 9.91. The van der Waals surface area contributed by atoms with Crippen molar-refractivity contribution in [2.75, 3.05) is 36.9 Å². The van der Waals surface area contributed by atoms with Gasteiger partial charge < -0.3 is 20.7 Å². The van der Waals surface area contributed by atoms with Crippen molar-refractivity contribution in [1.29, 1.82) is 0 Å². The maximum Gasteiger partial charge on any atom is 0.126 e. The van der Waals surface area contributed by atoms with Crippen molar-refractivity contribution in [1.82, 2.24) is 15.3 Å². The Hall–Kier alpha value is -4.06. The number of nitrogens with zero attached hydrogens (tertiary/aromatic N) is 3. The van der Waals surface area contributed by atoms with Gasteiger partial charge in [-0.05, 0) is 42.3 Å². The highest BCUT2D eigenvalue weighted by atomic mass is 19.1. The van der Waals surface area contributed by atoms with E-state index in [9.17, 15) is 8.78 Å². The predicted octanol–water partition coefficient (Wildman–Crippen LogP) is 4.37. The highest BCUT2D eigenvalue weighted by Crippen LogP contribution is 2.40. The first-order valence-corrected chi connectivity index (χ1v) is 12.2. The third-order valence-electron chi connectivity index (χ3n) is 7.14. The molecule has 2 atom stereocenters. The molecule has 2 aromatic heterocycles. The molecule has 0 spiro atoms. The molecule has 0 aliphatic carbocycles. The minimum Gasteiger partial charge on any atom is -0.396 e. The third-order valence-corrected chi connectivity index (χ3v) is 7.14. The molecule has 2 fully saturated rings. The van der Waals surface area contributed by atoms with E-state index < -0.39 is 11.6 Å². The number of nitrogens with two attached hydrogens (primary N) is 1. The molecule has 6 nitrogen and oxygen atoms in total. The first-order chi connectivity index (χ1) is 18.0. The number of nitrogens with one attached hydrogen (secondary N) is 1. The quantitative estimate of drug-likeness (QED) is 0.410. The molecule has 2 aliphatic heterocycles. The Morgan fingerprint density at radius 3 is 2.73 bits per heavy atom. The minimum absolute atomic E-state index is 0.138. The van der Waals surface area contributed by atoms with Crippen molar-refractivity contribution in [2.24, 2.45) is 0 Å². The largest absolute Gasteiger partial charge is 0.396 e. The van der Waals surface area contributed by atoms with Crippen LogP contribution in [0.2, 0.25) is 0 Å². The number of halogens is 2. The Morgan fingerprint density at radius 1 is 1.08 bits per heavy atom. The molecular weight excluding hydrogens is 472 g/mol. The topological polar surface area (TPSA) is 76.3 Å². The SMILES string of the molecule is C#Cc1ccnc(-c2ccc3ncc(-c4cc(F)cc(F)c4)c(N4CC[C@H]5OCCN[C@@H]5C4)c3c2)c1N. The monoisotopic (exact) mass is 497 g/mol. The number of piperidine rings is 1. The van der Waals surface area contributed by atoms with Crippen molar-refractivity contribution in [3.8, 4) is 34.7 Å². The first kappa shape index (κ1) is 23.3. The van der Waals surface area contributed by atoms with E-state index in [2.05, 4.69) is 26.1 Å². The maximum atomic E-state index is 14.3. The summed E-state index contributed by atoms with van der Waals surface area (Å²) in [4.78, 5) is 11.4. The van der Waals surface area contributed by atoms with Gasteiger partial charge in [0.25, 0.3) is 0 Å². The Morgan fingerprint density at radius 2 is 1.92 bits per heavy atom. The van der Waals surface area contributed by atoms with Crippen LogP contribution < -0.4 is 16.0 Å². The number of pyridine rings is 2. The number of ether oxygens (including phenoxy) is 1. The molecule has 8 heteroatoms. The van der Waals surface area contributed by atoms with Crippen molar-refractivity contribution in [3.05, 3.63) is 72.1 Å². The van der Waals surface area contributed by atoms with Gasteiger partial charge in [-0.25, -0.2) is 8.78 Å². The van der Waals surface area contributed by atoms with Crippen LogP contribution in [0.1, 0.15) is 12.0 Å². The molecule has 2 aromatic carbocycles. The molecule has 0 amide bonds. The number of rotatable bonds is 3. The van der Waals surface area contributed by atoms with Crippen LogP contribution in [-0.2, 0) is 4.74 Å². The van der Waals surface area contributed by atoms with Gasteiger partial charge in [0.2, 0.25) is 0 Å². The summed E-state index contributed by atoms with van der Waals surface area (Å²) in [5.41, 5.74) is 11.4. The lowest BCUT2D eigenvalue weighted by molar-refractivity contribution is -0.0134. The molecule has 0 unspecified atom stereocenters. The molecule has 0 bridgehead atoms. The Bertz CT molecular complexity index is 1530. The summed E-state index contributed by atoms with van der Waals surface area (Å²) in [6, 6.07) is 11.2. The average Bonchev–Trinajstić information content (AvgIpc) is 2.91. The lowest BCUT2D eigenvalue weighted by Crippen LogP contribution is -2.58. The van der Waals surface area contributed by atoms with Gasteiger partial charge in [-0.15, -0.1) is 6.42 Å². The van der Waals surface area contributed by atoms with E-state index in [1.807, 2.05) is 18.2 Å². The Balaban J connectivity index is 1.56. The fraction of sp³-hybridized carbons (Fsp3) is 0.241. The molecule has 186 valence electrons. The first-order valence-electron chi connectivity index (χ1n) is 12.2. The van der Waals surface area contributed by atoms with Crippen LogP contribution in [0.15, 0.2) is 54.9 Å². The van der Waals surface area contributed by atoms with Gasteiger partial charge in [-0.3, -0.25) is 9.97 Å². The number of hydrogen-bond donors (Lipinski definition) is 2. The van der Waals surface area contributed by atoms with Crippen LogP contribution in [-0.4, -0.2) is 48.4 Å². The smallest absolute Gasteiger partial charge is 0.126 e. The number of hydrogen-bond acceptors (Lipinski definition) is 6. The summed E-state index contributed by atoms with van der Waals surface area (Å²) < 4.78 is 34.5. The zero-order chi connectivity index (χ0) is 25.5. The average molecular weight is 498 g/mol. The number of terminal acetylenes is 1. The molecule has 37 heavy (non-hydrogen) atoms. The highest BCUT2D eigenvalue weighted by Gasteiger charge is 2.33. The van der Waals surface area contributed by atoms with Gasteiger partial charge in [-0.2, -0.15) is 0 Å². The van der Waals surface area contributed by atoms with E-state index in [1.165, 1.54) is 12.1 Å². The van der Waals surface area contributed by atoms with Gasteiger partial charge in [-0.1, -0.05) is 12.0 Å². The van der Waals surface area contributed by atoms with Crippen LogP contribution in [0.5, 0.6) is 0 Å². The molecule has 0 radical (unpaired) electrons. The number of benzene rings is 2. The fourth-order valence-corrected chi connectivity index (χ4v) is 5.40. The van der Waals surface area contributed by atoms with E-state index in [-0.39, 0.29) is 12.1 Å². The number of fused-ring (bicyclic) bond motifs is 2. The lowest BCUT2D eigenvalue weighted by Gasteiger charge is -2.43. The van der Waals surface area contributed by atoms with Crippen molar-refractivity contribution >= 4 is 22.3 Å². The molecule has 2 aliphatic rings. The van der Waals surface area contributed by atoms with Crippen molar-refractivity contribution in [2.45, 2.75) is 18.6 Å². The van der Waals surface area contributed by atoms with E-state index >= 15 is 0 Å². The molecule has 0 saturated carbocycles. The number of morpholine rings is 1. The van der Waals surface area contributed by atoms with Gasteiger partial charge in [0.15, 0.2) is 0 Å². The number of nitrogen functional groups attached to an aromatic ring is 1. The summed E-state index contributed by atoms with van der Waals surface area (Å²) in [5.74, 6) is 1.32. The summed E-state index contributed by atoms with van der Waals surface area (Å²) in [7, 11) is 0. The normalized spacial score (nSPS) is 19.4. The zero-order valence-corrected chi connectivity index (χ0v) is 20.0. The second kappa shape index (κ2) is 9.43. The number of aromatic nitrogens is 2. The maximum absolute atomic E-state index is 14.3. The highest BCUT2D eigenvalue weighted by molar-refractivity contribution is 6.02. The van der Waals surface area contributed by atoms with Gasteiger partial charge >= 0.3 is 0 Å². The van der Waals surface area contributed by atoms with Crippen LogP contribution in [0.25, 0.3) is 33.3 Å². The van der Waals surface area contributed by atoms with E-state index in [0.29, 0.717) is 41.2 Å². The molecule has 2 saturated heterocycles. The molecular formula is C29H25F2N5O. The molecule has 6 rings (SSSR count). The third kappa shape index (κ3) is 4.26. The van der Waals surface area contributed by atoms with E-state index in [0.717, 1.165) is 47.7 Å². The minimum atomic E-state index is -0.640. The van der Waals surface area contributed by atoms with Crippen LogP contribution in [0.3, 0.4) is 0 Å². The standard InChI is InChI=1S/C29H25F2N5O/c1-2-17-5-7-34-28(27(17)32)18-3-4-24-22(13-18)29(36-9-6-26-25(16-36)33-8-10-37-26)23(15-35-24)19-11-20(30)14-21(31)12-19/h1,3-5,7,11-15,25-26,33H,6,8-10,16,32H2/t25-,26-/m1/s1. The van der Waals surface area contributed by atoms with Crippen molar-refractivity contribution in [3.63, 3.8) is 0 Å². The predicted molar refractivity (Wildman–Crippen MR) is 141 cm³/mol. The molecule has 3 N–H and O–H groups in total.